The van der Waals surface area contributed by atoms with Crippen molar-refractivity contribution >= 4 is 45.1 Å². The molecular weight excluding hydrogens is 375 g/mol. The van der Waals surface area contributed by atoms with Crippen molar-refractivity contribution in [2.24, 2.45) is 0 Å². The summed E-state index contributed by atoms with van der Waals surface area (Å²) in [5.41, 5.74) is 1.86. The lowest BCUT2D eigenvalue weighted by molar-refractivity contribution is -0.118. The largest absolute Gasteiger partial charge is 0.484 e. The molecule has 7 heteroatoms. The van der Waals surface area contributed by atoms with Gasteiger partial charge in [-0.3, -0.25) is 9.59 Å². The normalized spacial score (nSPS) is 10.8. The Labute approximate surface area is 165 Å². The second-order valence-corrected chi connectivity index (χ2v) is 6.47. The standard InChI is InChI=1S/C22H17FN2O4/c1-13(26)24-19-10-14(6-8-18(19)23)25-22(27)12-28-15-7-9-21-17(11-15)16-4-2-3-5-20(16)29-21/h2-11H,12H2,1H3,(H,24,26)(H,25,27). The van der Waals surface area contributed by atoms with Gasteiger partial charge in [0.2, 0.25) is 5.91 Å². The molecule has 2 amide bonds. The molecule has 3 aromatic carbocycles. The molecule has 0 saturated carbocycles. The molecule has 29 heavy (non-hydrogen) atoms. The summed E-state index contributed by atoms with van der Waals surface area (Å²) < 4.78 is 25.0. The van der Waals surface area contributed by atoms with Gasteiger partial charge in [0.1, 0.15) is 22.7 Å². The monoisotopic (exact) mass is 392 g/mol. The van der Waals surface area contributed by atoms with E-state index in [1.54, 1.807) is 12.1 Å². The Bertz CT molecular complexity index is 1230. The topological polar surface area (TPSA) is 80.6 Å². The molecule has 0 aliphatic heterocycles. The molecule has 0 aliphatic carbocycles. The highest BCUT2D eigenvalue weighted by atomic mass is 19.1. The number of para-hydroxylation sites is 1. The molecule has 1 heterocycles. The van der Waals surface area contributed by atoms with E-state index >= 15 is 0 Å². The predicted molar refractivity (Wildman–Crippen MR) is 109 cm³/mol. The highest BCUT2D eigenvalue weighted by Crippen LogP contribution is 2.31. The summed E-state index contributed by atoms with van der Waals surface area (Å²) in [5, 5.41) is 6.85. The van der Waals surface area contributed by atoms with Gasteiger partial charge in [0.05, 0.1) is 5.69 Å². The maximum absolute atomic E-state index is 13.7. The number of carbonyl (C=O) groups is 2. The third-order valence-electron chi connectivity index (χ3n) is 4.28. The number of fused-ring (bicyclic) bond motifs is 3. The Kier molecular flexibility index (Phi) is 4.87. The number of benzene rings is 3. The Hall–Kier alpha value is -3.87. The van der Waals surface area contributed by atoms with E-state index in [-0.39, 0.29) is 12.3 Å². The number of amides is 2. The van der Waals surface area contributed by atoms with Crippen LogP contribution in [0.1, 0.15) is 6.92 Å². The summed E-state index contributed by atoms with van der Waals surface area (Å²) in [6, 6.07) is 16.9. The van der Waals surface area contributed by atoms with Crippen LogP contribution in [0.5, 0.6) is 5.75 Å². The number of rotatable bonds is 5. The molecule has 0 atom stereocenters. The Morgan fingerprint density at radius 3 is 2.59 bits per heavy atom. The third-order valence-corrected chi connectivity index (χ3v) is 4.28. The van der Waals surface area contributed by atoms with Crippen molar-refractivity contribution in [2.75, 3.05) is 17.2 Å². The molecule has 1 aromatic heterocycles. The average molecular weight is 392 g/mol. The number of carbonyl (C=O) groups excluding carboxylic acids is 2. The van der Waals surface area contributed by atoms with E-state index in [0.29, 0.717) is 11.4 Å². The number of hydrogen-bond acceptors (Lipinski definition) is 4. The van der Waals surface area contributed by atoms with Gasteiger partial charge in [0.15, 0.2) is 6.61 Å². The van der Waals surface area contributed by atoms with Crippen LogP contribution >= 0.6 is 0 Å². The van der Waals surface area contributed by atoms with Gasteiger partial charge in [0.25, 0.3) is 5.91 Å². The van der Waals surface area contributed by atoms with E-state index in [4.69, 9.17) is 9.15 Å². The van der Waals surface area contributed by atoms with Crippen LogP contribution in [0.25, 0.3) is 21.9 Å². The fraction of sp³-hybridized carbons (Fsp3) is 0.0909. The molecule has 0 aliphatic rings. The summed E-state index contributed by atoms with van der Waals surface area (Å²) in [5.74, 6) is -0.882. The second-order valence-electron chi connectivity index (χ2n) is 6.47. The van der Waals surface area contributed by atoms with Gasteiger partial charge < -0.3 is 19.8 Å². The SMILES string of the molecule is CC(=O)Nc1cc(NC(=O)COc2ccc3oc4ccccc4c3c2)ccc1F. The van der Waals surface area contributed by atoms with Gasteiger partial charge in [-0.1, -0.05) is 18.2 Å². The lowest BCUT2D eigenvalue weighted by Crippen LogP contribution is -2.20. The summed E-state index contributed by atoms with van der Waals surface area (Å²) in [4.78, 5) is 23.3. The molecular formula is C22H17FN2O4. The van der Waals surface area contributed by atoms with E-state index in [2.05, 4.69) is 10.6 Å². The van der Waals surface area contributed by atoms with Crippen molar-refractivity contribution < 1.29 is 23.1 Å². The van der Waals surface area contributed by atoms with Gasteiger partial charge in [-0.05, 0) is 42.5 Å². The van der Waals surface area contributed by atoms with Crippen molar-refractivity contribution in [2.45, 2.75) is 6.92 Å². The van der Waals surface area contributed by atoms with E-state index in [0.717, 1.165) is 21.9 Å². The van der Waals surface area contributed by atoms with Crippen LogP contribution in [0.15, 0.2) is 65.1 Å². The van der Waals surface area contributed by atoms with Crippen molar-refractivity contribution in [3.05, 3.63) is 66.5 Å². The number of nitrogens with one attached hydrogen (secondary N) is 2. The van der Waals surface area contributed by atoms with E-state index in [1.807, 2.05) is 30.3 Å². The van der Waals surface area contributed by atoms with Crippen molar-refractivity contribution in [1.82, 2.24) is 0 Å². The van der Waals surface area contributed by atoms with Crippen molar-refractivity contribution in [1.29, 1.82) is 0 Å². The fourth-order valence-electron chi connectivity index (χ4n) is 3.03. The van der Waals surface area contributed by atoms with Gasteiger partial charge in [-0.15, -0.1) is 0 Å². The highest BCUT2D eigenvalue weighted by molar-refractivity contribution is 6.05. The first kappa shape index (κ1) is 18.5. The van der Waals surface area contributed by atoms with Crippen LogP contribution in [-0.2, 0) is 9.59 Å². The Balaban J connectivity index is 1.44. The lowest BCUT2D eigenvalue weighted by Gasteiger charge is -2.10. The molecule has 0 spiro atoms. The molecule has 0 saturated heterocycles. The Morgan fingerprint density at radius 1 is 0.966 bits per heavy atom. The van der Waals surface area contributed by atoms with Crippen LogP contribution in [0.3, 0.4) is 0 Å². The van der Waals surface area contributed by atoms with E-state index < -0.39 is 17.6 Å². The van der Waals surface area contributed by atoms with Crippen molar-refractivity contribution in [3.8, 4) is 5.75 Å². The minimum absolute atomic E-state index is 0.00601. The fourth-order valence-corrected chi connectivity index (χ4v) is 3.03. The van der Waals surface area contributed by atoms with Crippen LogP contribution in [0, 0.1) is 5.82 Å². The van der Waals surface area contributed by atoms with E-state index in [9.17, 15) is 14.0 Å². The van der Waals surface area contributed by atoms with Gasteiger partial charge in [-0.25, -0.2) is 4.39 Å². The first-order chi connectivity index (χ1) is 14.0. The van der Waals surface area contributed by atoms with Gasteiger partial charge in [-0.2, -0.15) is 0 Å². The smallest absolute Gasteiger partial charge is 0.262 e. The van der Waals surface area contributed by atoms with Crippen LogP contribution in [0.2, 0.25) is 0 Å². The predicted octanol–water partition coefficient (Wildman–Crippen LogP) is 4.70. The van der Waals surface area contributed by atoms with Crippen LogP contribution in [0.4, 0.5) is 15.8 Å². The Morgan fingerprint density at radius 2 is 1.76 bits per heavy atom. The summed E-state index contributed by atoms with van der Waals surface area (Å²) in [7, 11) is 0. The van der Waals surface area contributed by atoms with Gasteiger partial charge >= 0.3 is 0 Å². The molecule has 0 radical (unpaired) electrons. The summed E-state index contributed by atoms with van der Waals surface area (Å²) >= 11 is 0. The highest BCUT2D eigenvalue weighted by Gasteiger charge is 2.10. The number of ether oxygens (including phenoxy) is 1. The quantitative estimate of drug-likeness (QED) is 0.516. The molecule has 4 rings (SSSR count). The molecule has 0 bridgehead atoms. The van der Waals surface area contributed by atoms with E-state index in [1.165, 1.54) is 25.1 Å². The van der Waals surface area contributed by atoms with Crippen LogP contribution in [-0.4, -0.2) is 18.4 Å². The molecule has 2 N–H and O–H groups in total. The minimum Gasteiger partial charge on any atom is -0.484 e. The minimum atomic E-state index is -0.588. The number of anilines is 2. The van der Waals surface area contributed by atoms with Crippen LogP contribution < -0.4 is 15.4 Å². The number of halogens is 1. The third kappa shape index (κ3) is 4.03. The zero-order valence-electron chi connectivity index (χ0n) is 15.5. The summed E-state index contributed by atoms with van der Waals surface area (Å²) in [6.07, 6.45) is 0. The number of furan rings is 1. The molecule has 6 nitrogen and oxygen atoms in total. The zero-order valence-corrected chi connectivity index (χ0v) is 15.5. The molecule has 0 unspecified atom stereocenters. The van der Waals surface area contributed by atoms with Gasteiger partial charge in [0, 0.05) is 23.4 Å². The first-order valence-electron chi connectivity index (χ1n) is 8.91. The maximum Gasteiger partial charge on any atom is 0.262 e. The molecule has 146 valence electrons. The average Bonchev–Trinajstić information content (AvgIpc) is 3.06. The maximum atomic E-state index is 13.7. The first-order valence-corrected chi connectivity index (χ1v) is 8.91. The molecule has 0 fully saturated rings. The van der Waals surface area contributed by atoms with Crippen molar-refractivity contribution in [3.63, 3.8) is 0 Å². The molecule has 4 aromatic rings. The second kappa shape index (κ2) is 7.63. The number of hydrogen-bond donors (Lipinski definition) is 2. The lowest BCUT2D eigenvalue weighted by atomic mass is 10.1. The summed E-state index contributed by atoms with van der Waals surface area (Å²) in [6.45, 7) is 1.05. The zero-order chi connectivity index (χ0) is 20.4.